The van der Waals surface area contributed by atoms with E-state index in [1.165, 1.54) is 0 Å². The van der Waals surface area contributed by atoms with Gasteiger partial charge in [-0.2, -0.15) is 5.10 Å². The van der Waals surface area contributed by atoms with Crippen molar-refractivity contribution in [1.29, 1.82) is 0 Å². The summed E-state index contributed by atoms with van der Waals surface area (Å²) < 4.78 is 1.83. The van der Waals surface area contributed by atoms with E-state index in [0.29, 0.717) is 31.9 Å². The minimum absolute atomic E-state index is 0.00840. The maximum atomic E-state index is 11.8. The zero-order valence-corrected chi connectivity index (χ0v) is 13.8. The lowest BCUT2D eigenvalue weighted by Gasteiger charge is -2.05. The van der Waals surface area contributed by atoms with Crippen molar-refractivity contribution in [3.8, 4) is 5.69 Å². The van der Waals surface area contributed by atoms with Gasteiger partial charge in [-0.25, -0.2) is 14.6 Å². The monoisotopic (exact) mass is 336 g/mol. The fraction of sp³-hybridized carbons (Fsp3) is 0.222. The molecule has 1 aromatic carbocycles. The number of carbonyl (C=O) groups excluding carboxylic acids is 1. The van der Waals surface area contributed by atoms with Crippen LogP contribution in [0.15, 0.2) is 61.1 Å². The van der Waals surface area contributed by atoms with Crippen molar-refractivity contribution in [3.05, 3.63) is 66.7 Å². The number of hydrogen-bond donors (Lipinski definition) is 2. The number of anilines is 1. The molecule has 0 spiro atoms. The summed E-state index contributed by atoms with van der Waals surface area (Å²) in [4.78, 5) is 19.9. The van der Waals surface area contributed by atoms with Crippen molar-refractivity contribution in [1.82, 2.24) is 25.1 Å². The van der Waals surface area contributed by atoms with Gasteiger partial charge in [0.05, 0.1) is 11.4 Å². The van der Waals surface area contributed by atoms with E-state index in [1.54, 1.807) is 18.5 Å². The largest absolute Gasteiger partial charge is 0.356 e. The molecule has 7 nitrogen and oxygen atoms in total. The van der Waals surface area contributed by atoms with Crippen LogP contribution in [0.3, 0.4) is 0 Å². The molecule has 7 heteroatoms. The fourth-order valence-corrected chi connectivity index (χ4v) is 2.32. The molecule has 2 N–H and O–H groups in total. The molecule has 1 amide bonds. The highest BCUT2D eigenvalue weighted by Gasteiger charge is 2.04. The molecule has 2 aromatic heterocycles. The summed E-state index contributed by atoms with van der Waals surface area (Å²) in [6.07, 6.45) is 6.31. The Kier molecular flexibility index (Phi) is 5.71. The van der Waals surface area contributed by atoms with Gasteiger partial charge in [0, 0.05) is 44.5 Å². The van der Waals surface area contributed by atoms with Gasteiger partial charge >= 0.3 is 0 Å². The quantitative estimate of drug-likeness (QED) is 0.655. The Hall–Kier alpha value is -3.22. The Balaban J connectivity index is 1.36. The van der Waals surface area contributed by atoms with Gasteiger partial charge in [0.25, 0.3) is 0 Å². The first-order chi connectivity index (χ1) is 12.3. The minimum Gasteiger partial charge on any atom is -0.356 e. The highest BCUT2D eigenvalue weighted by Crippen LogP contribution is 2.06. The van der Waals surface area contributed by atoms with E-state index in [9.17, 15) is 4.79 Å². The number of rotatable bonds is 8. The molecule has 0 aliphatic rings. The van der Waals surface area contributed by atoms with E-state index in [-0.39, 0.29) is 5.91 Å². The normalized spacial score (nSPS) is 10.4. The van der Waals surface area contributed by atoms with Crippen LogP contribution in [0.4, 0.5) is 5.95 Å². The van der Waals surface area contributed by atoms with Crippen molar-refractivity contribution in [3.63, 3.8) is 0 Å². The first-order valence-corrected chi connectivity index (χ1v) is 8.19. The molecule has 3 rings (SSSR count). The molecule has 0 aliphatic carbocycles. The average molecular weight is 336 g/mol. The summed E-state index contributed by atoms with van der Waals surface area (Å²) in [5.41, 5.74) is 1.96. The Bertz CT molecular complexity index is 788. The third-order valence-electron chi connectivity index (χ3n) is 3.57. The topological polar surface area (TPSA) is 84.7 Å². The molecule has 0 fully saturated rings. The molecular weight excluding hydrogens is 316 g/mol. The second-order valence-corrected chi connectivity index (χ2v) is 5.44. The van der Waals surface area contributed by atoms with Gasteiger partial charge in [0.15, 0.2) is 0 Å². The maximum Gasteiger partial charge on any atom is 0.222 e. The molecule has 25 heavy (non-hydrogen) atoms. The van der Waals surface area contributed by atoms with Crippen LogP contribution in [0.1, 0.15) is 12.1 Å². The van der Waals surface area contributed by atoms with E-state index in [1.807, 2.05) is 47.3 Å². The second-order valence-electron chi connectivity index (χ2n) is 5.44. The van der Waals surface area contributed by atoms with E-state index < -0.39 is 0 Å². The van der Waals surface area contributed by atoms with Crippen molar-refractivity contribution >= 4 is 11.9 Å². The number of nitrogens with one attached hydrogen (secondary N) is 2. The predicted molar refractivity (Wildman–Crippen MR) is 95.4 cm³/mol. The first-order valence-electron chi connectivity index (χ1n) is 8.19. The molecule has 128 valence electrons. The first kappa shape index (κ1) is 16.6. The van der Waals surface area contributed by atoms with Crippen molar-refractivity contribution in [2.45, 2.75) is 12.8 Å². The number of amides is 1. The van der Waals surface area contributed by atoms with Gasteiger partial charge in [-0.15, -0.1) is 0 Å². The molecule has 0 atom stereocenters. The predicted octanol–water partition coefficient (Wildman–Crippen LogP) is 1.82. The van der Waals surface area contributed by atoms with Crippen LogP contribution < -0.4 is 10.6 Å². The number of aromatic nitrogens is 4. The summed E-state index contributed by atoms with van der Waals surface area (Å²) >= 11 is 0. The fourth-order valence-electron chi connectivity index (χ4n) is 2.32. The van der Waals surface area contributed by atoms with Gasteiger partial charge < -0.3 is 10.6 Å². The van der Waals surface area contributed by atoms with E-state index in [2.05, 4.69) is 25.7 Å². The maximum absolute atomic E-state index is 11.8. The van der Waals surface area contributed by atoms with Crippen molar-refractivity contribution < 1.29 is 4.79 Å². The van der Waals surface area contributed by atoms with E-state index >= 15 is 0 Å². The van der Waals surface area contributed by atoms with Crippen LogP contribution in [0.25, 0.3) is 5.69 Å². The Morgan fingerprint density at radius 1 is 1.00 bits per heavy atom. The van der Waals surface area contributed by atoms with Gasteiger partial charge in [0.2, 0.25) is 11.9 Å². The van der Waals surface area contributed by atoms with Gasteiger partial charge in [-0.05, 0) is 24.3 Å². The number of hydrogen-bond acceptors (Lipinski definition) is 5. The molecule has 3 aromatic rings. The van der Waals surface area contributed by atoms with Crippen LogP contribution >= 0.6 is 0 Å². The average Bonchev–Trinajstić information content (AvgIpc) is 3.12. The molecule has 0 saturated carbocycles. The number of carbonyl (C=O) groups is 1. The molecule has 0 unspecified atom stereocenters. The zero-order valence-electron chi connectivity index (χ0n) is 13.8. The van der Waals surface area contributed by atoms with Gasteiger partial charge in [-0.3, -0.25) is 4.79 Å². The highest BCUT2D eigenvalue weighted by molar-refractivity contribution is 5.76. The lowest BCUT2D eigenvalue weighted by Crippen LogP contribution is -2.27. The Morgan fingerprint density at radius 2 is 1.80 bits per heavy atom. The molecule has 0 saturated heterocycles. The summed E-state index contributed by atoms with van der Waals surface area (Å²) in [7, 11) is 0. The number of para-hydroxylation sites is 1. The highest BCUT2D eigenvalue weighted by atomic mass is 16.1. The SMILES string of the molecule is O=C(CCNc1ncccn1)NCCc1ccn(-c2ccccc2)n1. The van der Waals surface area contributed by atoms with E-state index in [0.717, 1.165) is 11.4 Å². The number of nitrogens with zero attached hydrogens (tertiary/aromatic N) is 4. The molecule has 2 heterocycles. The van der Waals surface area contributed by atoms with Crippen LogP contribution in [-0.2, 0) is 11.2 Å². The Morgan fingerprint density at radius 3 is 2.60 bits per heavy atom. The van der Waals surface area contributed by atoms with Crippen LogP contribution in [0.2, 0.25) is 0 Å². The lowest BCUT2D eigenvalue weighted by atomic mass is 10.3. The van der Waals surface area contributed by atoms with Gasteiger partial charge in [0.1, 0.15) is 0 Å². The zero-order chi connectivity index (χ0) is 17.3. The lowest BCUT2D eigenvalue weighted by molar-refractivity contribution is -0.120. The standard InChI is InChI=1S/C18H20N6O/c25-17(8-13-22-18-20-10-4-11-21-18)19-12-7-15-9-14-24(23-15)16-5-2-1-3-6-16/h1-6,9-11,14H,7-8,12-13H2,(H,19,25)(H,20,21,22). The smallest absolute Gasteiger partial charge is 0.222 e. The molecular formula is C18H20N6O. The number of benzene rings is 1. The van der Waals surface area contributed by atoms with Crippen LogP contribution in [0, 0.1) is 0 Å². The molecule has 0 aliphatic heterocycles. The van der Waals surface area contributed by atoms with Crippen molar-refractivity contribution in [2.24, 2.45) is 0 Å². The van der Waals surface area contributed by atoms with Crippen LogP contribution in [0.5, 0.6) is 0 Å². The molecule has 0 bridgehead atoms. The van der Waals surface area contributed by atoms with Crippen molar-refractivity contribution in [2.75, 3.05) is 18.4 Å². The summed E-state index contributed by atoms with van der Waals surface area (Å²) in [5, 5.41) is 10.4. The third kappa shape index (κ3) is 5.13. The summed E-state index contributed by atoms with van der Waals surface area (Å²) in [6.45, 7) is 1.06. The summed E-state index contributed by atoms with van der Waals surface area (Å²) in [5.74, 6) is 0.521. The molecule has 0 radical (unpaired) electrons. The third-order valence-corrected chi connectivity index (χ3v) is 3.57. The van der Waals surface area contributed by atoms with Crippen LogP contribution in [-0.4, -0.2) is 38.7 Å². The minimum atomic E-state index is -0.00840. The van der Waals surface area contributed by atoms with E-state index in [4.69, 9.17) is 0 Å². The Labute approximate surface area is 146 Å². The second kappa shape index (κ2) is 8.58. The summed E-state index contributed by atoms with van der Waals surface area (Å²) in [6, 6.07) is 13.6. The van der Waals surface area contributed by atoms with Gasteiger partial charge in [-0.1, -0.05) is 18.2 Å².